The van der Waals surface area contributed by atoms with Gasteiger partial charge in [0, 0.05) is 14.5 Å². The monoisotopic (exact) mass is 402 g/mol. The molecule has 0 bridgehead atoms. The number of halogens is 3. The lowest BCUT2D eigenvalue weighted by molar-refractivity contribution is 0.0695. The number of hydrogen-bond donors (Lipinski definition) is 1. The van der Waals surface area contributed by atoms with E-state index in [0.29, 0.717) is 14.7 Å². The maximum Gasteiger partial charge on any atom is 0.336 e. The number of rotatable bonds is 4. The lowest BCUT2D eigenvalue weighted by Crippen LogP contribution is -2.01. The summed E-state index contributed by atoms with van der Waals surface area (Å²) in [5, 5.41) is 9.02. The van der Waals surface area contributed by atoms with Gasteiger partial charge in [0.15, 0.2) is 0 Å². The van der Waals surface area contributed by atoms with Crippen molar-refractivity contribution in [2.24, 2.45) is 0 Å². The summed E-state index contributed by atoms with van der Waals surface area (Å²) in [7, 11) is 0. The van der Waals surface area contributed by atoms with E-state index >= 15 is 0 Å². The first kappa shape index (κ1) is 15.0. The number of carboxylic acids is 1. The van der Waals surface area contributed by atoms with E-state index in [2.05, 4.69) is 31.9 Å². The van der Waals surface area contributed by atoms with E-state index in [4.69, 9.17) is 9.84 Å². The average molecular weight is 404 g/mol. The fraction of sp³-hybridized carbons (Fsp3) is 0.0714. The van der Waals surface area contributed by atoms with Crippen LogP contribution < -0.4 is 4.74 Å². The van der Waals surface area contributed by atoms with Crippen LogP contribution >= 0.6 is 31.9 Å². The van der Waals surface area contributed by atoms with Crippen molar-refractivity contribution in [2.75, 3.05) is 0 Å². The summed E-state index contributed by atoms with van der Waals surface area (Å²) in [6, 6.07) is 9.00. The molecule has 1 N–H and O–H groups in total. The Bertz CT molecular complexity index is 659. The van der Waals surface area contributed by atoms with E-state index in [0.717, 1.165) is 5.56 Å². The van der Waals surface area contributed by atoms with Gasteiger partial charge in [0.05, 0.1) is 5.56 Å². The van der Waals surface area contributed by atoms with Gasteiger partial charge in [-0.3, -0.25) is 0 Å². The van der Waals surface area contributed by atoms with Crippen molar-refractivity contribution in [3.63, 3.8) is 0 Å². The van der Waals surface area contributed by atoms with Crippen molar-refractivity contribution in [3.8, 4) is 5.75 Å². The van der Waals surface area contributed by atoms with Crippen molar-refractivity contribution in [1.82, 2.24) is 0 Å². The highest BCUT2D eigenvalue weighted by atomic mass is 79.9. The van der Waals surface area contributed by atoms with Gasteiger partial charge in [0.2, 0.25) is 0 Å². The third kappa shape index (κ3) is 3.58. The molecule has 0 saturated heterocycles. The van der Waals surface area contributed by atoms with Gasteiger partial charge in [0.25, 0.3) is 0 Å². The quantitative estimate of drug-likeness (QED) is 0.809. The summed E-state index contributed by atoms with van der Waals surface area (Å²) in [5.41, 5.74) is 0.895. The molecule has 20 heavy (non-hydrogen) atoms. The standard InChI is InChI=1S/C14H9Br2FO3/c15-12-4-3-10(6-11(12)14(18)19)20-7-8-1-2-9(17)5-13(8)16/h1-6H,7H2,(H,18,19). The molecule has 0 aliphatic carbocycles. The molecular formula is C14H9Br2FO3. The highest BCUT2D eigenvalue weighted by Crippen LogP contribution is 2.25. The Hall–Kier alpha value is -1.40. The topological polar surface area (TPSA) is 46.5 Å². The molecule has 0 atom stereocenters. The molecular weight excluding hydrogens is 395 g/mol. The molecule has 0 aliphatic heterocycles. The Labute approximate surface area is 131 Å². The predicted octanol–water partition coefficient (Wildman–Crippen LogP) is 4.63. The van der Waals surface area contributed by atoms with Crippen LogP contribution in [0.4, 0.5) is 4.39 Å². The van der Waals surface area contributed by atoms with Gasteiger partial charge in [-0.25, -0.2) is 9.18 Å². The predicted molar refractivity (Wildman–Crippen MR) is 79.5 cm³/mol. The molecule has 104 valence electrons. The average Bonchev–Trinajstić information content (AvgIpc) is 2.39. The summed E-state index contributed by atoms with van der Waals surface area (Å²) < 4.78 is 19.6. The minimum absolute atomic E-state index is 0.126. The summed E-state index contributed by atoms with van der Waals surface area (Å²) in [5.74, 6) is -0.940. The molecule has 3 nitrogen and oxygen atoms in total. The second kappa shape index (κ2) is 6.37. The number of carboxylic acid groups (broad SMARTS) is 1. The zero-order valence-electron chi connectivity index (χ0n) is 10.1. The van der Waals surface area contributed by atoms with Crippen molar-refractivity contribution >= 4 is 37.8 Å². The largest absolute Gasteiger partial charge is 0.489 e. The van der Waals surface area contributed by atoms with E-state index in [1.807, 2.05) is 0 Å². The molecule has 0 aliphatic rings. The molecule has 2 rings (SSSR count). The molecule has 0 fully saturated rings. The molecule has 0 radical (unpaired) electrons. The van der Waals surface area contributed by atoms with Crippen LogP contribution in [0.3, 0.4) is 0 Å². The fourth-order valence-electron chi connectivity index (χ4n) is 1.56. The van der Waals surface area contributed by atoms with Gasteiger partial charge in [-0.1, -0.05) is 22.0 Å². The van der Waals surface area contributed by atoms with Crippen molar-refractivity contribution < 1.29 is 19.0 Å². The van der Waals surface area contributed by atoms with Crippen LogP contribution in [0.2, 0.25) is 0 Å². The number of ether oxygens (including phenoxy) is 1. The highest BCUT2D eigenvalue weighted by molar-refractivity contribution is 9.10. The fourth-order valence-corrected chi connectivity index (χ4v) is 2.44. The molecule has 0 spiro atoms. The first-order valence-electron chi connectivity index (χ1n) is 5.57. The van der Waals surface area contributed by atoms with E-state index in [1.54, 1.807) is 18.2 Å². The van der Waals surface area contributed by atoms with E-state index in [1.165, 1.54) is 18.2 Å². The lowest BCUT2D eigenvalue weighted by atomic mass is 10.2. The van der Waals surface area contributed by atoms with Crippen molar-refractivity contribution in [2.45, 2.75) is 6.61 Å². The summed E-state index contributed by atoms with van der Waals surface area (Å²) in [6.45, 7) is 0.210. The normalized spacial score (nSPS) is 10.3. The second-order valence-electron chi connectivity index (χ2n) is 3.97. The third-order valence-electron chi connectivity index (χ3n) is 2.58. The van der Waals surface area contributed by atoms with Gasteiger partial charge in [0.1, 0.15) is 18.2 Å². The summed E-state index contributed by atoms with van der Waals surface area (Å²) in [4.78, 5) is 11.0. The van der Waals surface area contributed by atoms with Crippen LogP contribution in [0.15, 0.2) is 45.3 Å². The molecule has 0 aromatic heterocycles. The molecule has 2 aromatic carbocycles. The Kier molecular flexibility index (Phi) is 4.77. The minimum atomic E-state index is -1.04. The first-order valence-corrected chi connectivity index (χ1v) is 7.15. The van der Waals surface area contributed by atoms with Crippen LogP contribution in [0.5, 0.6) is 5.75 Å². The van der Waals surface area contributed by atoms with Crippen LogP contribution in [0, 0.1) is 5.82 Å². The number of hydrogen-bond acceptors (Lipinski definition) is 2. The Morgan fingerprint density at radius 3 is 2.55 bits per heavy atom. The van der Waals surface area contributed by atoms with E-state index in [-0.39, 0.29) is 18.0 Å². The zero-order valence-corrected chi connectivity index (χ0v) is 13.2. The molecule has 0 unspecified atom stereocenters. The maximum absolute atomic E-state index is 13.0. The third-order valence-corrected chi connectivity index (χ3v) is 4.01. The highest BCUT2D eigenvalue weighted by Gasteiger charge is 2.10. The van der Waals surface area contributed by atoms with Gasteiger partial charge >= 0.3 is 5.97 Å². The molecule has 6 heteroatoms. The minimum Gasteiger partial charge on any atom is -0.489 e. The van der Waals surface area contributed by atoms with Crippen molar-refractivity contribution in [3.05, 3.63) is 62.3 Å². The molecule has 0 amide bonds. The Morgan fingerprint density at radius 2 is 1.90 bits per heavy atom. The summed E-state index contributed by atoms with van der Waals surface area (Å²) in [6.07, 6.45) is 0. The van der Waals surface area contributed by atoms with E-state index in [9.17, 15) is 9.18 Å². The van der Waals surface area contributed by atoms with Gasteiger partial charge < -0.3 is 9.84 Å². The van der Waals surface area contributed by atoms with Crippen molar-refractivity contribution in [1.29, 1.82) is 0 Å². The molecule has 0 saturated carbocycles. The van der Waals surface area contributed by atoms with Crippen LogP contribution in [0.1, 0.15) is 15.9 Å². The number of aromatic carboxylic acids is 1. The maximum atomic E-state index is 13.0. The van der Waals surface area contributed by atoms with Gasteiger partial charge in [-0.05, 0) is 46.3 Å². The van der Waals surface area contributed by atoms with Crippen LogP contribution in [-0.2, 0) is 6.61 Å². The summed E-state index contributed by atoms with van der Waals surface area (Å²) >= 11 is 6.41. The van der Waals surface area contributed by atoms with Gasteiger partial charge in [-0.2, -0.15) is 0 Å². The SMILES string of the molecule is O=C(O)c1cc(OCc2ccc(F)cc2Br)ccc1Br. The molecule has 2 aromatic rings. The second-order valence-corrected chi connectivity index (χ2v) is 5.68. The smallest absolute Gasteiger partial charge is 0.336 e. The zero-order chi connectivity index (χ0) is 14.7. The Balaban J connectivity index is 2.15. The lowest BCUT2D eigenvalue weighted by Gasteiger charge is -2.09. The van der Waals surface area contributed by atoms with Gasteiger partial charge in [-0.15, -0.1) is 0 Å². The van der Waals surface area contributed by atoms with Crippen LogP contribution in [-0.4, -0.2) is 11.1 Å². The van der Waals surface area contributed by atoms with Crippen LogP contribution in [0.25, 0.3) is 0 Å². The Morgan fingerprint density at radius 1 is 1.15 bits per heavy atom. The first-order chi connectivity index (χ1) is 9.47. The number of benzene rings is 2. The number of carbonyl (C=O) groups is 1. The molecule has 0 heterocycles. The van der Waals surface area contributed by atoms with E-state index < -0.39 is 5.97 Å².